The molecule has 2 aliphatic rings. The lowest BCUT2D eigenvalue weighted by Crippen LogP contribution is -2.42. The molecule has 1 saturated heterocycles. The minimum atomic E-state index is -0.185. The van der Waals surface area contributed by atoms with Crippen molar-refractivity contribution in [2.75, 3.05) is 31.6 Å². The van der Waals surface area contributed by atoms with E-state index in [9.17, 15) is 9.59 Å². The molecule has 1 aliphatic carbocycles. The van der Waals surface area contributed by atoms with Gasteiger partial charge in [0.2, 0.25) is 11.8 Å². The van der Waals surface area contributed by atoms with Crippen LogP contribution in [0.5, 0.6) is 0 Å². The first kappa shape index (κ1) is 15.0. The summed E-state index contributed by atoms with van der Waals surface area (Å²) in [5.41, 5.74) is 3.07. The number of nitrogens with one attached hydrogen (secondary N) is 1. The van der Waals surface area contributed by atoms with Crippen LogP contribution in [0.1, 0.15) is 17.5 Å². The Labute approximate surface area is 130 Å². The highest BCUT2D eigenvalue weighted by molar-refractivity contribution is 6.00. The molecule has 5 nitrogen and oxygen atoms in total. The molecule has 1 N–H and O–H groups in total. The zero-order valence-corrected chi connectivity index (χ0v) is 13.1. The van der Waals surface area contributed by atoms with E-state index >= 15 is 0 Å². The van der Waals surface area contributed by atoms with Crippen molar-refractivity contribution in [1.82, 2.24) is 4.90 Å². The molecule has 1 heterocycles. The largest absolute Gasteiger partial charge is 0.378 e. The van der Waals surface area contributed by atoms with Crippen LogP contribution in [0.25, 0.3) is 0 Å². The first-order valence-corrected chi connectivity index (χ1v) is 7.81. The van der Waals surface area contributed by atoms with Gasteiger partial charge in [-0.2, -0.15) is 0 Å². The van der Waals surface area contributed by atoms with E-state index in [2.05, 4.69) is 5.32 Å². The maximum Gasteiger partial charge on any atom is 0.228 e. The van der Waals surface area contributed by atoms with Crippen LogP contribution >= 0.6 is 0 Å². The van der Waals surface area contributed by atoms with Gasteiger partial charge < -0.3 is 15.0 Å². The molecule has 2 amide bonds. The van der Waals surface area contributed by atoms with E-state index in [1.54, 1.807) is 0 Å². The van der Waals surface area contributed by atoms with Gasteiger partial charge in [0.15, 0.2) is 0 Å². The second-order valence-corrected chi connectivity index (χ2v) is 6.12. The first-order chi connectivity index (χ1) is 10.6. The quantitative estimate of drug-likeness (QED) is 0.925. The second kappa shape index (κ2) is 6.08. The number of hydrogen-bond donors (Lipinski definition) is 1. The van der Waals surface area contributed by atoms with Gasteiger partial charge in [0, 0.05) is 18.8 Å². The molecule has 0 bridgehead atoms. The lowest BCUT2D eigenvalue weighted by Gasteiger charge is -2.27. The first-order valence-electron chi connectivity index (χ1n) is 7.81. The van der Waals surface area contributed by atoms with Gasteiger partial charge in [0.05, 0.1) is 25.0 Å². The summed E-state index contributed by atoms with van der Waals surface area (Å²) < 4.78 is 5.25. The highest BCUT2D eigenvalue weighted by Crippen LogP contribution is 2.41. The average Bonchev–Trinajstić information content (AvgIpc) is 3.32. The number of carbonyl (C=O) groups excluding carboxylic acids is 2. The summed E-state index contributed by atoms with van der Waals surface area (Å²) in [5.74, 6) is -0.275. The minimum Gasteiger partial charge on any atom is -0.378 e. The van der Waals surface area contributed by atoms with Crippen molar-refractivity contribution >= 4 is 17.5 Å². The lowest BCUT2D eigenvalue weighted by molar-refractivity contribution is -0.137. The third-order valence-corrected chi connectivity index (χ3v) is 4.63. The number of aryl methyl sites for hydroxylation is 1. The predicted molar refractivity (Wildman–Crippen MR) is 83.5 cm³/mol. The highest BCUT2D eigenvalue weighted by Gasteiger charge is 2.49. The summed E-state index contributed by atoms with van der Waals surface area (Å²) in [5, 5.41) is 2.97. The summed E-state index contributed by atoms with van der Waals surface area (Å²) in [4.78, 5) is 26.5. The molecule has 118 valence electrons. The van der Waals surface area contributed by atoms with Crippen molar-refractivity contribution < 1.29 is 14.3 Å². The fourth-order valence-electron chi connectivity index (χ4n) is 2.89. The van der Waals surface area contributed by atoms with Crippen LogP contribution in [0.3, 0.4) is 0 Å². The normalized spacial score (nSPS) is 24.0. The smallest absolute Gasteiger partial charge is 0.228 e. The molecule has 5 heteroatoms. The zero-order valence-electron chi connectivity index (χ0n) is 13.1. The maximum absolute atomic E-state index is 12.3. The molecule has 1 aliphatic heterocycles. The Hall–Kier alpha value is -1.88. The minimum absolute atomic E-state index is 0.0414. The fraction of sp³-hybridized carbons (Fsp3) is 0.529. The SMILES string of the molecule is Cc1cccc(NC(=O)C2CC2C(=O)N2CCOCC2)c1C. The van der Waals surface area contributed by atoms with Gasteiger partial charge in [-0.25, -0.2) is 0 Å². The number of nitrogens with zero attached hydrogens (tertiary/aromatic N) is 1. The summed E-state index contributed by atoms with van der Waals surface area (Å²) in [6.45, 7) is 6.48. The fourth-order valence-corrected chi connectivity index (χ4v) is 2.89. The van der Waals surface area contributed by atoms with Crippen molar-refractivity contribution in [3.05, 3.63) is 29.3 Å². The van der Waals surface area contributed by atoms with Crippen LogP contribution in [0.15, 0.2) is 18.2 Å². The topological polar surface area (TPSA) is 58.6 Å². The number of morpholine rings is 1. The van der Waals surface area contributed by atoms with E-state index in [0.29, 0.717) is 32.7 Å². The van der Waals surface area contributed by atoms with Crippen LogP contribution in [-0.2, 0) is 14.3 Å². The Morgan fingerprint density at radius 3 is 2.64 bits per heavy atom. The summed E-state index contributed by atoms with van der Waals surface area (Å²) in [7, 11) is 0. The van der Waals surface area contributed by atoms with Crippen LogP contribution in [0, 0.1) is 25.7 Å². The van der Waals surface area contributed by atoms with Crippen LogP contribution in [0.4, 0.5) is 5.69 Å². The number of anilines is 1. The van der Waals surface area contributed by atoms with Crippen molar-refractivity contribution in [3.8, 4) is 0 Å². The summed E-state index contributed by atoms with van der Waals surface area (Å²) in [6.07, 6.45) is 0.660. The van der Waals surface area contributed by atoms with Crippen molar-refractivity contribution in [2.24, 2.45) is 11.8 Å². The Balaban J connectivity index is 1.58. The number of ether oxygens (including phenoxy) is 1. The van der Waals surface area contributed by atoms with E-state index in [1.165, 1.54) is 0 Å². The van der Waals surface area contributed by atoms with Gasteiger partial charge in [0.25, 0.3) is 0 Å². The summed E-state index contributed by atoms with van der Waals surface area (Å²) >= 11 is 0. The van der Waals surface area contributed by atoms with Crippen LogP contribution < -0.4 is 5.32 Å². The number of carbonyl (C=O) groups is 2. The van der Waals surface area contributed by atoms with E-state index in [4.69, 9.17) is 4.74 Å². The Morgan fingerprint density at radius 2 is 1.91 bits per heavy atom. The molecule has 0 radical (unpaired) electrons. The number of amides is 2. The van der Waals surface area contributed by atoms with Crippen LogP contribution in [-0.4, -0.2) is 43.0 Å². The number of rotatable bonds is 3. The third-order valence-electron chi connectivity index (χ3n) is 4.63. The Bertz CT molecular complexity index is 594. The third kappa shape index (κ3) is 2.99. The Kier molecular flexibility index (Phi) is 4.16. The van der Waals surface area contributed by atoms with Gasteiger partial charge >= 0.3 is 0 Å². The molecule has 0 spiro atoms. The molecule has 1 saturated carbocycles. The van der Waals surface area contributed by atoms with Crippen molar-refractivity contribution in [1.29, 1.82) is 0 Å². The van der Waals surface area contributed by atoms with Crippen molar-refractivity contribution in [3.63, 3.8) is 0 Å². The number of hydrogen-bond acceptors (Lipinski definition) is 3. The second-order valence-electron chi connectivity index (χ2n) is 6.12. The average molecular weight is 302 g/mol. The molecule has 2 fully saturated rings. The van der Waals surface area contributed by atoms with Crippen molar-refractivity contribution in [2.45, 2.75) is 20.3 Å². The molecule has 2 atom stereocenters. The molecule has 1 aromatic carbocycles. The molecule has 2 unspecified atom stereocenters. The monoisotopic (exact) mass is 302 g/mol. The van der Waals surface area contributed by atoms with Crippen LogP contribution in [0.2, 0.25) is 0 Å². The molecular weight excluding hydrogens is 280 g/mol. The Morgan fingerprint density at radius 1 is 1.18 bits per heavy atom. The van der Waals surface area contributed by atoms with E-state index < -0.39 is 0 Å². The van der Waals surface area contributed by atoms with Gasteiger partial charge in [-0.15, -0.1) is 0 Å². The van der Waals surface area contributed by atoms with Gasteiger partial charge in [-0.05, 0) is 37.5 Å². The van der Waals surface area contributed by atoms with E-state index in [-0.39, 0.29) is 23.7 Å². The molecule has 1 aromatic rings. The zero-order chi connectivity index (χ0) is 15.7. The molecular formula is C17H22N2O3. The standard InChI is InChI=1S/C17H22N2O3/c1-11-4-3-5-15(12(11)2)18-16(20)13-10-14(13)17(21)19-6-8-22-9-7-19/h3-5,13-14H,6-10H2,1-2H3,(H,18,20). The van der Waals surface area contributed by atoms with Gasteiger partial charge in [-0.3, -0.25) is 9.59 Å². The maximum atomic E-state index is 12.3. The molecule has 0 aromatic heterocycles. The number of benzene rings is 1. The molecule has 3 rings (SSSR count). The summed E-state index contributed by atoms with van der Waals surface area (Å²) in [6, 6.07) is 5.86. The van der Waals surface area contributed by atoms with E-state index in [1.807, 2.05) is 36.9 Å². The highest BCUT2D eigenvalue weighted by atomic mass is 16.5. The van der Waals surface area contributed by atoms with Gasteiger partial charge in [0.1, 0.15) is 0 Å². The van der Waals surface area contributed by atoms with Gasteiger partial charge in [-0.1, -0.05) is 12.1 Å². The molecule has 22 heavy (non-hydrogen) atoms. The predicted octanol–water partition coefficient (Wildman–Crippen LogP) is 1.74. The van der Waals surface area contributed by atoms with E-state index in [0.717, 1.165) is 16.8 Å². The lowest BCUT2D eigenvalue weighted by atomic mass is 10.1.